The molecule has 0 fully saturated rings. The Labute approximate surface area is 98.6 Å². The molecule has 2 aromatic carbocycles. The lowest BCUT2D eigenvalue weighted by Crippen LogP contribution is -2.03. The van der Waals surface area contributed by atoms with Crippen LogP contribution in [0.1, 0.15) is 10.4 Å². The molecular formula is C13H12O2S. The second-order valence-corrected chi connectivity index (χ2v) is 4.18. The third kappa shape index (κ3) is 1.78. The molecule has 0 heterocycles. The Kier molecular flexibility index (Phi) is 3.15. The van der Waals surface area contributed by atoms with Crippen molar-refractivity contribution in [2.75, 3.05) is 13.4 Å². The zero-order valence-electron chi connectivity index (χ0n) is 9.19. The SMILES string of the molecule is COC(=O)c1ccc2ccccc2c1SC. The third-order valence-electron chi connectivity index (χ3n) is 2.49. The maximum atomic E-state index is 11.6. The summed E-state index contributed by atoms with van der Waals surface area (Å²) in [6, 6.07) is 11.8. The lowest BCUT2D eigenvalue weighted by molar-refractivity contribution is 0.0597. The summed E-state index contributed by atoms with van der Waals surface area (Å²) in [6.45, 7) is 0. The maximum Gasteiger partial charge on any atom is 0.339 e. The minimum Gasteiger partial charge on any atom is -0.465 e. The van der Waals surface area contributed by atoms with Gasteiger partial charge in [-0.25, -0.2) is 4.79 Å². The molecule has 0 amide bonds. The average molecular weight is 232 g/mol. The number of methoxy groups -OCH3 is 1. The van der Waals surface area contributed by atoms with Crippen molar-refractivity contribution < 1.29 is 9.53 Å². The smallest absolute Gasteiger partial charge is 0.339 e. The zero-order chi connectivity index (χ0) is 11.5. The molecule has 0 spiro atoms. The number of hydrogen-bond donors (Lipinski definition) is 0. The van der Waals surface area contributed by atoms with E-state index in [4.69, 9.17) is 4.74 Å². The van der Waals surface area contributed by atoms with Crippen molar-refractivity contribution in [3.8, 4) is 0 Å². The molecule has 0 aliphatic carbocycles. The quantitative estimate of drug-likeness (QED) is 0.586. The van der Waals surface area contributed by atoms with Crippen LogP contribution in [0.5, 0.6) is 0 Å². The Hall–Kier alpha value is -1.48. The number of ether oxygens (including phenoxy) is 1. The summed E-state index contributed by atoms with van der Waals surface area (Å²) in [5.41, 5.74) is 0.633. The van der Waals surface area contributed by atoms with E-state index in [9.17, 15) is 4.79 Å². The lowest BCUT2D eigenvalue weighted by atomic mass is 10.1. The molecule has 3 heteroatoms. The first-order valence-electron chi connectivity index (χ1n) is 4.92. The third-order valence-corrected chi connectivity index (χ3v) is 3.34. The van der Waals surface area contributed by atoms with E-state index in [0.29, 0.717) is 5.56 Å². The van der Waals surface area contributed by atoms with Crippen LogP contribution in [0.25, 0.3) is 10.8 Å². The summed E-state index contributed by atoms with van der Waals surface area (Å²) in [6.07, 6.45) is 1.97. The van der Waals surface area contributed by atoms with Gasteiger partial charge in [-0.15, -0.1) is 11.8 Å². The van der Waals surface area contributed by atoms with Crippen LogP contribution in [0, 0.1) is 0 Å². The summed E-state index contributed by atoms with van der Waals surface area (Å²) < 4.78 is 4.78. The highest BCUT2D eigenvalue weighted by atomic mass is 32.2. The summed E-state index contributed by atoms with van der Waals surface area (Å²) in [5.74, 6) is -0.282. The largest absolute Gasteiger partial charge is 0.465 e. The molecule has 2 rings (SSSR count). The number of rotatable bonds is 2. The summed E-state index contributed by atoms with van der Waals surface area (Å²) in [5, 5.41) is 2.23. The average Bonchev–Trinajstić information content (AvgIpc) is 2.36. The molecule has 0 aliphatic heterocycles. The lowest BCUT2D eigenvalue weighted by Gasteiger charge is -2.09. The van der Waals surface area contributed by atoms with Crippen LogP contribution in [0.3, 0.4) is 0 Å². The summed E-state index contributed by atoms with van der Waals surface area (Å²) in [7, 11) is 1.40. The Morgan fingerprint density at radius 3 is 2.62 bits per heavy atom. The van der Waals surface area contributed by atoms with E-state index < -0.39 is 0 Å². The molecule has 16 heavy (non-hydrogen) atoms. The van der Waals surface area contributed by atoms with Crippen molar-refractivity contribution >= 4 is 28.5 Å². The van der Waals surface area contributed by atoms with Gasteiger partial charge in [0.15, 0.2) is 0 Å². The predicted octanol–water partition coefficient (Wildman–Crippen LogP) is 3.35. The highest BCUT2D eigenvalue weighted by Crippen LogP contribution is 2.30. The van der Waals surface area contributed by atoms with Gasteiger partial charge in [0.05, 0.1) is 12.7 Å². The topological polar surface area (TPSA) is 26.3 Å². The molecule has 2 aromatic rings. The number of hydrogen-bond acceptors (Lipinski definition) is 3. The number of carbonyl (C=O) groups is 1. The first kappa shape index (κ1) is 11.0. The maximum absolute atomic E-state index is 11.6. The molecule has 0 unspecified atom stereocenters. The Morgan fingerprint density at radius 1 is 1.19 bits per heavy atom. The second kappa shape index (κ2) is 4.58. The van der Waals surface area contributed by atoms with E-state index in [-0.39, 0.29) is 5.97 Å². The van der Waals surface area contributed by atoms with E-state index in [0.717, 1.165) is 15.7 Å². The van der Waals surface area contributed by atoms with Gasteiger partial charge in [-0.2, -0.15) is 0 Å². The van der Waals surface area contributed by atoms with Gasteiger partial charge in [0, 0.05) is 4.90 Å². The Bertz CT molecular complexity index is 534. The van der Waals surface area contributed by atoms with E-state index in [1.165, 1.54) is 7.11 Å². The molecule has 82 valence electrons. The van der Waals surface area contributed by atoms with Crippen LogP contribution in [0.2, 0.25) is 0 Å². The van der Waals surface area contributed by atoms with Crippen molar-refractivity contribution in [1.82, 2.24) is 0 Å². The molecule has 0 saturated heterocycles. The number of fused-ring (bicyclic) bond motifs is 1. The highest BCUT2D eigenvalue weighted by molar-refractivity contribution is 7.99. The normalized spacial score (nSPS) is 10.4. The zero-order valence-corrected chi connectivity index (χ0v) is 10.0. The number of carbonyl (C=O) groups excluding carboxylic acids is 1. The van der Waals surface area contributed by atoms with Crippen LogP contribution < -0.4 is 0 Å². The van der Waals surface area contributed by atoms with E-state index in [1.807, 2.05) is 42.7 Å². The molecule has 0 aromatic heterocycles. The van der Waals surface area contributed by atoms with Gasteiger partial charge >= 0.3 is 5.97 Å². The Morgan fingerprint density at radius 2 is 1.94 bits per heavy atom. The fourth-order valence-electron chi connectivity index (χ4n) is 1.73. The molecule has 0 aliphatic rings. The van der Waals surface area contributed by atoms with Gasteiger partial charge in [-0.3, -0.25) is 0 Å². The highest BCUT2D eigenvalue weighted by Gasteiger charge is 2.13. The van der Waals surface area contributed by atoms with Crippen molar-refractivity contribution in [2.45, 2.75) is 4.90 Å². The van der Waals surface area contributed by atoms with Gasteiger partial charge in [0.2, 0.25) is 0 Å². The number of thioether (sulfide) groups is 1. The molecule has 0 saturated carbocycles. The van der Waals surface area contributed by atoms with E-state index in [2.05, 4.69) is 0 Å². The van der Waals surface area contributed by atoms with Crippen molar-refractivity contribution in [1.29, 1.82) is 0 Å². The molecule has 0 radical (unpaired) electrons. The van der Waals surface area contributed by atoms with E-state index >= 15 is 0 Å². The molecule has 0 bridgehead atoms. The van der Waals surface area contributed by atoms with Crippen molar-refractivity contribution in [2.24, 2.45) is 0 Å². The molecule has 0 atom stereocenters. The van der Waals surface area contributed by atoms with Crippen molar-refractivity contribution in [3.05, 3.63) is 42.0 Å². The summed E-state index contributed by atoms with van der Waals surface area (Å²) >= 11 is 1.57. The predicted molar refractivity (Wildman–Crippen MR) is 67.1 cm³/mol. The minimum absolute atomic E-state index is 0.282. The minimum atomic E-state index is -0.282. The van der Waals surface area contributed by atoms with Gasteiger partial charge in [0.25, 0.3) is 0 Å². The van der Waals surface area contributed by atoms with Crippen LogP contribution in [0.15, 0.2) is 41.3 Å². The Balaban J connectivity index is 2.72. The van der Waals surface area contributed by atoms with Crippen LogP contribution in [-0.2, 0) is 4.74 Å². The fraction of sp³-hybridized carbons (Fsp3) is 0.154. The van der Waals surface area contributed by atoms with Gasteiger partial charge in [-0.05, 0) is 23.1 Å². The van der Waals surface area contributed by atoms with Gasteiger partial charge in [0.1, 0.15) is 0 Å². The number of esters is 1. The van der Waals surface area contributed by atoms with Crippen LogP contribution in [-0.4, -0.2) is 19.3 Å². The first-order valence-corrected chi connectivity index (χ1v) is 6.14. The monoisotopic (exact) mass is 232 g/mol. The molecular weight excluding hydrogens is 220 g/mol. The second-order valence-electron chi connectivity index (χ2n) is 3.36. The molecule has 0 N–H and O–H groups in total. The summed E-state index contributed by atoms with van der Waals surface area (Å²) in [4.78, 5) is 12.6. The van der Waals surface area contributed by atoms with Crippen LogP contribution in [0.4, 0.5) is 0 Å². The first-order chi connectivity index (χ1) is 7.77. The van der Waals surface area contributed by atoms with Gasteiger partial charge < -0.3 is 4.74 Å². The standard InChI is InChI=1S/C13H12O2S/c1-15-13(14)11-8-7-9-5-3-4-6-10(9)12(11)16-2/h3-8H,1-2H3. The fourth-order valence-corrected chi connectivity index (χ4v) is 2.51. The van der Waals surface area contributed by atoms with Crippen molar-refractivity contribution in [3.63, 3.8) is 0 Å². The molecule has 2 nitrogen and oxygen atoms in total. The van der Waals surface area contributed by atoms with Crippen LogP contribution >= 0.6 is 11.8 Å². The van der Waals surface area contributed by atoms with E-state index in [1.54, 1.807) is 11.8 Å². The number of benzene rings is 2. The van der Waals surface area contributed by atoms with Gasteiger partial charge in [-0.1, -0.05) is 30.3 Å².